The Balaban J connectivity index is 1.94. The van der Waals surface area contributed by atoms with Gasteiger partial charge in [-0.2, -0.15) is 0 Å². The average molecular weight is 244 g/mol. The van der Waals surface area contributed by atoms with Gasteiger partial charge in [0, 0.05) is 42.8 Å². The van der Waals surface area contributed by atoms with Crippen LogP contribution in [0.5, 0.6) is 5.75 Å². The standard InChI is InChI=1S/C15H20N2O/c1-18-13-6-5-10-9-16-7-8-17-12-4-2-3-11(12)14(13)15(10)17/h5-6,11-12,16H,2-4,7-9H2,1H3. The van der Waals surface area contributed by atoms with Gasteiger partial charge in [0.05, 0.1) is 7.11 Å². The smallest absolute Gasteiger partial charge is 0.124 e. The number of ether oxygens (including phenoxy) is 1. The molecule has 96 valence electrons. The Morgan fingerprint density at radius 1 is 1.33 bits per heavy atom. The summed E-state index contributed by atoms with van der Waals surface area (Å²) in [7, 11) is 1.81. The van der Waals surface area contributed by atoms with E-state index in [0.717, 1.165) is 31.4 Å². The third kappa shape index (κ3) is 1.28. The minimum atomic E-state index is 0.716. The maximum absolute atomic E-state index is 5.63. The lowest BCUT2D eigenvalue weighted by Crippen LogP contribution is -2.35. The van der Waals surface area contributed by atoms with Crippen molar-refractivity contribution in [1.82, 2.24) is 5.32 Å². The molecule has 3 aliphatic rings. The zero-order chi connectivity index (χ0) is 12.1. The van der Waals surface area contributed by atoms with Gasteiger partial charge in [0.1, 0.15) is 5.75 Å². The maximum atomic E-state index is 5.63. The molecule has 3 nitrogen and oxygen atoms in total. The molecule has 1 N–H and O–H groups in total. The van der Waals surface area contributed by atoms with Crippen molar-refractivity contribution < 1.29 is 4.74 Å². The summed E-state index contributed by atoms with van der Waals surface area (Å²) >= 11 is 0. The van der Waals surface area contributed by atoms with Gasteiger partial charge in [0.15, 0.2) is 0 Å². The van der Waals surface area contributed by atoms with Gasteiger partial charge in [-0.3, -0.25) is 0 Å². The zero-order valence-corrected chi connectivity index (χ0v) is 10.9. The second-order valence-electron chi connectivity index (χ2n) is 5.66. The average Bonchev–Trinajstić information content (AvgIpc) is 2.90. The third-order valence-electron chi connectivity index (χ3n) is 4.86. The second-order valence-corrected chi connectivity index (χ2v) is 5.66. The van der Waals surface area contributed by atoms with Crippen LogP contribution in [-0.2, 0) is 6.54 Å². The SMILES string of the molecule is COc1ccc2c3c1C1CCCC1N3CCNC2. The molecule has 2 heterocycles. The molecule has 0 spiro atoms. The molecule has 4 rings (SSSR count). The van der Waals surface area contributed by atoms with E-state index in [1.807, 2.05) is 0 Å². The van der Waals surface area contributed by atoms with E-state index in [0.29, 0.717) is 5.92 Å². The van der Waals surface area contributed by atoms with Crippen LogP contribution in [0, 0.1) is 0 Å². The molecule has 1 fully saturated rings. The Kier molecular flexibility index (Phi) is 2.31. The van der Waals surface area contributed by atoms with Crippen molar-refractivity contribution in [1.29, 1.82) is 0 Å². The van der Waals surface area contributed by atoms with E-state index < -0.39 is 0 Å². The number of rotatable bonds is 1. The lowest BCUT2D eigenvalue weighted by Gasteiger charge is -2.26. The van der Waals surface area contributed by atoms with Crippen LogP contribution in [0.2, 0.25) is 0 Å². The van der Waals surface area contributed by atoms with Crippen molar-refractivity contribution in [3.05, 3.63) is 23.3 Å². The van der Waals surface area contributed by atoms with Crippen molar-refractivity contribution in [2.45, 2.75) is 37.8 Å². The van der Waals surface area contributed by atoms with Gasteiger partial charge in [-0.1, -0.05) is 12.5 Å². The number of hydrogen-bond acceptors (Lipinski definition) is 3. The highest BCUT2D eigenvalue weighted by molar-refractivity contribution is 5.71. The molecular weight excluding hydrogens is 224 g/mol. The van der Waals surface area contributed by atoms with Crippen LogP contribution >= 0.6 is 0 Å². The van der Waals surface area contributed by atoms with E-state index >= 15 is 0 Å². The zero-order valence-electron chi connectivity index (χ0n) is 10.9. The van der Waals surface area contributed by atoms with Crippen LogP contribution in [-0.4, -0.2) is 26.2 Å². The molecule has 2 aliphatic heterocycles. The van der Waals surface area contributed by atoms with Crippen molar-refractivity contribution in [3.8, 4) is 5.75 Å². The fourth-order valence-corrected chi connectivity index (χ4v) is 4.17. The summed E-state index contributed by atoms with van der Waals surface area (Å²) in [5.74, 6) is 1.82. The lowest BCUT2D eigenvalue weighted by atomic mass is 9.95. The Bertz CT molecular complexity index is 486. The van der Waals surface area contributed by atoms with Gasteiger partial charge >= 0.3 is 0 Å². The minimum absolute atomic E-state index is 0.716. The highest BCUT2D eigenvalue weighted by Crippen LogP contribution is 2.54. The first-order chi connectivity index (χ1) is 8.90. The number of hydrogen-bond donors (Lipinski definition) is 1. The number of fused-ring (bicyclic) bond motifs is 3. The number of methoxy groups -OCH3 is 1. The molecular formula is C15H20N2O. The monoisotopic (exact) mass is 244 g/mol. The number of benzene rings is 1. The molecule has 1 aliphatic carbocycles. The van der Waals surface area contributed by atoms with E-state index in [2.05, 4.69) is 22.3 Å². The van der Waals surface area contributed by atoms with Crippen LogP contribution in [0.1, 0.15) is 36.3 Å². The van der Waals surface area contributed by atoms with Crippen LogP contribution < -0.4 is 15.0 Å². The molecule has 0 aromatic heterocycles. The van der Waals surface area contributed by atoms with E-state index in [1.54, 1.807) is 7.11 Å². The first-order valence-electron chi connectivity index (χ1n) is 7.07. The van der Waals surface area contributed by atoms with Gasteiger partial charge in [-0.15, -0.1) is 0 Å². The normalized spacial score (nSPS) is 28.8. The summed E-state index contributed by atoms with van der Waals surface area (Å²) in [6.45, 7) is 3.25. The van der Waals surface area contributed by atoms with Crippen molar-refractivity contribution in [2.75, 3.05) is 25.1 Å². The molecule has 2 unspecified atom stereocenters. The highest BCUT2D eigenvalue weighted by atomic mass is 16.5. The van der Waals surface area contributed by atoms with Crippen molar-refractivity contribution >= 4 is 5.69 Å². The summed E-state index contributed by atoms with van der Waals surface area (Å²) in [5, 5.41) is 3.53. The predicted octanol–water partition coefficient (Wildman–Crippen LogP) is 2.25. The lowest BCUT2D eigenvalue weighted by molar-refractivity contribution is 0.406. The van der Waals surface area contributed by atoms with Crippen LogP contribution in [0.3, 0.4) is 0 Å². The van der Waals surface area contributed by atoms with Crippen molar-refractivity contribution in [2.24, 2.45) is 0 Å². The Morgan fingerprint density at radius 2 is 2.28 bits per heavy atom. The van der Waals surface area contributed by atoms with E-state index in [9.17, 15) is 0 Å². The Morgan fingerprint density at radius 3 is 3.17 bits per heavy atom. The highest BCUT2D eigenvalue weighted by Gasteiger charge is 2.44. The van der Waals surface area contributed by atoms with Gasteiger partial charge in [0.2, 0.25) is 0 Å². The summed E-state index contributed by atoms with van der Waals surface area (Å²) < 4.78 is 5.63. The molecule has 0 bridgehead atoms. The molecule has 1 aromatic carbocycles. The predicted molar refractivity (Wildman–Crippen MR) is 72.4 cm³/mol. The number of anilines is 1. The van der Waals surface area contributed by atoms with Gasteiger partial charge in [0.25, 0.3) is 0 Å². The molecule has 0 amide bonds. The molecule has 1 aromatic rings. The minimum Gasteiger partial charge on any atom is -0.496 e. The van der Waals surface area contributed by atoms with E-state index in [-0.39, 0.29) is 0 Å². The van der Waals surface area contributed by atoms with Gasteiger partial charge < -0.3 is 15.0 Å². The number of nitrogens with zero attached hydrogens (tertiary/aromatic N) is 1. The molecule has 0 saturated heterocycles. The fraction of sp³-hybridized carbons (Fsp3) is 0.600. The fourth-order valence-electron chi connectivity index (χ4n) is 4.17. The summed E-state index contributed by atoms with van der Waals surface area (Å²) in [6.07, 6.45) is 4.05. The topological polar surface area (TPSA) is 24.5 Å². The molecule has 1 saturated carbocycles. The number of nitrogens with one attached hydrogen (secondary N) is 1. The molecule has 3 heteroatoms. The van der Waals surface area contributed by atoms with Gasteiger partial charge in [-0.05, 0) is 24.5 Å². The Hall–Kier alpha value is -1.22. The Labute approximate surface area is 108 Å². The second kappa shape index (κ2) is 3.89. The molecule has 18 heavy (non-hydrogen) atoms. The first-order valence-corrected chi connectivity index (χ1v) is 7.07. The van der Waals surface area contributed by atoms with E-state index in [4.69, 9.17) is 4.74 Å². The summed E-state index contributed by atoms with van der Waals surface area (Å²) in [5.41, 5.74) is 4.45. The van der Waals surface area contributed by atoms with E-state index in [1.165, 1.54) is 36.1 Å². The van der Waals surface area contributed by atoms with Crippen LogP contribution in [0.4, 0.5) is 5.69 Å². The molecule has 2 atom stereocenters. The quantitative estimate of drug-likeness (QED) is 0.820. The third-order valence-corrected chi connectivity index (χ3v) is 4.86. The summed E-state index contributed by atoms with van der Waals surface area (Å²) in [6, 6.07) is 5.14. The van der Waals surface area contributed by atoms with Gasteiger partial charge in [-0.25, -0.2) is 0 Å². The maximum Gasteiger partial charge on any atom is 0.124 e. The molecule has 0 radical (unpaired) electrons. The van der Waals surface area contributed by atoms with Crippen LogP contribution in [0.15, 0.2) is 12.1 Å². The van der Waals surface area contributed by atoms with Crippen LogP contribution in [0.25, 0.3) is 0 Å². The first kappa shape index (κ1) is 10.7. The largest absolute Gasteiger partial charge is 0.496 e. The van der Waals surface area contributed by atoms with Crippen molar-refractivity contribution in [3.63, 3.8) is 0 Å². The summed E-state index contributed by atoms with van der Waals surface area (Å²) in [4.78, 5) is 2.66.